The molecule has 0 aliphatic carbocycles. The molecule has 1 aromatic heterocycles. The average Bonchev–Trinajstić information content (AvgIpc) is 2.87. The lowest BCUT2D eigenvalue weighted by atomic mass is 10.1. The molecular formula is C12H13N3O2. The van der Waals surface area contributed by atoms with Crippen LogP contribution >= 0.6 is 0 Å². The van der Waals surface area contributed by atoms with Crippen LogP contribution in [-0.2, 0) is 6.42 Å². The third-order valence-electron chi connectivity index (χ3n) is 2.40. The summed E-state index contributed by atoms with van der Waals surface area (Å²) in [5.41, 5.74) is 1.44. The highest BCUT2D eigenvalue weighted by Crippen LogP contribution is 2.16. The Morgan fingerprint density at radius 1 is 1.35 bits per heavy atom. The molecule has 0 saturated carbocycles. The summed E-state index contributed by atoms with van der Waals surface area (Å²) in [4.78, 5) is 15.6. The van der Waals surface area contributed by atoms with Gasteiger partial charge in [-0.25, -0.2) is 0 Å². The highest BCUT2D eigenvalue weighted by Gasteiger charge is 2.08. The van der Waals surface area contributed by atoms with Gasteiger partial charge in [0.1, 0.15) is 0 Å². The zero-order valence-corrected chi connectivity index (χ0v) is 9.73. The molecule has 5 nitrogen and oxygen atoms in total. The minimum atomic E-state index is -0.112. The molecule has 0 unspecified atom stereocenters. The molecule has 0 fully saturated rings. The average molecular weight is 231 g/mol. The maximum Gasteiger partial charge on any atom is 0.251 e. The molecular weight excluding hydrogens is 218 g/mol. The number of nitrogens with zero attached hydrogens (tertiary/aromatic N) is 2. The predicted octanol–water partition coefficient (Wildman–Crippen LogP) is 1.66. The van der Waals surface area contributed by atoms with Crippen molar-refractivity contribution in [2.45, 2.75) is 13.3 Å². The standard InChI is InChI=1S/C12H13N3O2/c1-3-10-14-11(15-17-10)8-4-6-9(7-5-8)12(16)13-2/h4-7H,3H2,1-2H3,(H,13,16). The molecule has 0 saturated heterocycles. The number of hydrogen-bond acceptors (Lipinski definition) is 4. The van der Waals surface area contributed by atoms with Crippen LogP contribution in [0.5, 0.6) is 0 Å². The Morgan fingerprint density at radius 2 is 2.06 bits per heavy atom. The molecule has 2 rings (SSSR count). The molecule has 0 aliphatic rings. The summed E-state index contributed by atoms with van der Waals surface area (Å²) in [6.07, 6.45) is 0.712. The summed E-state index contributed by atoms with van der Waals surface area (Å²) < 4.78 is 5.03. The topological polar surface area (TPSA) is 68.0 Å². The van der Waals surface area contributed by atoms with Crippen LogP contribution in [0.4, 0.5) is 0 Å². The monoisotopic (exact) mass is 231 g/mol. The SMILES string of the molecule is CCc1nc(-c2ccc(C(=O)NC)cc2)no1. The van der Waals surface area contributed by atoms with Crippen molar-refractivity contribution in [2.24, 2.45) is 0 Å². The third-order valence-corrected chi connectivity index (χ3v) is 2.40. The van der Waals surface area contributed by atoms with Crippen LogP contribution in [0, 0.1) is 0 Å². The van der Waals surface area contributed by atoms with Gasteiger partial charge in [-0.1, -0.05) is 24.2 Å². The number of nitrogens with one attached hydrogen (secondary N) is 1. The fraction of sp³-hybridized carbons (Fsp3) is 0.250. The van der Waals surface area contributed by atoms with E-state index in [1.807, 2.05) is 6.92 Å². The van der Waals surface area contributed by atoms with E-state index in [0.29, 0.717) is 23.7 Å². The lowest BCUT2D eigenvalue weighted by Gasteiger charge is -1.99. The zero-order chi connectivity index (χ0) is 12.3. The summed E-state index contributed by atoms with van der Waals surface area (Å²) >= 11 is 0. The smallest absolute Gasteiger partial charge is 0.251 e. The molecule has 5 heteroatoms. The second-order valence-corrected chi connectivity index (χ2v) is 3.52. The second kappa shape index (κ2) is 4.78. The van der Waals surface area contributed by atoms with Crippen molar-refractivity contribution in [1.82, 2.24) is 15.5 Å². The molecule has 0 spiro atoms. The molecule has 0 atom stereocenters. The van der Waals surface area contributed by atoms with Crippen molar-refractivity contribution in [3.63, 3.8) is 0 Å². The molecule has 0 radical (unpaired) electrons. The van der Waals surface area contributed by atoms with E-state index in [0.717, 1.165) is 5.56 Å². The highest BCUT2D eigenvalue weighted by molar-refractivity contribution is 5.94. The van der Waals surface area contributed by atoms with E-state index in [1.54, 1.807) is 31.3 Å². The number of carbonyl (C=O) groups is 1. The zero-order valence-electron chi connectivity index (χ0n) is 9.73. The summed E-state index contributed by atoms with van der Waals surface area (Å²) in [6, 6.07) is 7.07. The molecule has 0 aliphatic heterocycles. The van der Waals surface area contributed by atoms with Crippen LogP contribution in [0.25, 0.3) is 11.4 Å². The van der Waals surface area contributed by atoms with Crippen LogP contribution in [0.1, 0.15) is 23.2 Å². The van der Waals surface area contributed by atoms with Crippen molar-refractivity contribution >= 4 is 5.91 Å². The van der Waals surface area contributed by atoms with Crippen LogP contribution in [0.3, 0.4) is 0 Å². The second-order valence-electron chi connectivity index (χ2n) is 3.52. The van der Waals surface area contributed by atoms with E-state index in [4.69, 9.17) is 4.52 Å². The molecule has 1 heterocycles. The molecule has 1 N–H and O–H groups in total. The van der Waals surface area contributed by atoms with E-state index in [2.05, 4.69) is 15.5 Å². The Kier molecular flexibility index (Phi) is 3.18. The highest BCUT2D eigenvalue weighted by atomic mass is 16.5. The normalized spacial score (nSPS) is 10.2. The first-order chi connectivity index (χ1) is 8.24. The van der Waals surface area contributed by atoms with Crippen molar-refractivity contribution in [2.75, 3.05) is 7.05 Å². The summed E-state index contributed by atoms with van der Waals surface area (Å²) in [6.45, 7) is 1.95. The third kappa shape index (κ3) is 2.33. The number of carbonyl (C=O) groups excluding carboxylic acids is 1. The number of amides is 1. The number of hydrogen-bond donors (Lipinski definition) is 1. The van der Waals surface area contributed by atoms with Gasteiger partial charge in [0.15, 0.2) is 0 Å². The maximum absolute atomic E-state index is 11.4. The molecule has 1 amide bonds. The van der Waals surface area contributed by atoms with Gasteiger partial charge in [0.25, 0.3) is 5.91 Å². The molecule has 17 heavy (non-hydrogen) atoms. The fourth-order valence-corrected chi connectivity index (χ4v) is 1.43. The molecule has 88 valence electrons. The first-order valence-electron chi connectivity index (χ1n) is 5.39. The number of aromatic nitrogens is 2. The van der Waals surface area contributed by atoms with Gasteiger partial charge in [0.05, 0.1) is 0 Å². The van der Waals surface area contributed by atoms with Gasteiger partial charge in [-0.2, -0.15) is 4.98 Å². The summed E-state index contributed by atoms with van der Waals surface area (Å²) in [7, 11) is 1.60. The predicted molar refractivity (Wildman–Crippen MR) is 62.5 cm³/mol. The first kappa shape index (κ1) is 11.3. The largest absolute Gasteiger partial charge is 0.355 e. The molecule has 1 aromatic carbocycles. The van der Waals surface area contributed by atoms with Crippen molar-refractivity contribution in [1.29, 1.82) is 0 Å². The Balaban J connectivity index is 2.25. The maximum atomic E-state index is 11.4. The van der Waals surface area contributed by atoms with E-state index in [9.17, 15) is 4.79 Å². The Bertz CT molecular complexity index is 517. The van der Waals surface area contributed by atoms with Crippen LogP contribution in [-0.4, -0.2) is 23.1 Å². The van der Waals surface area contributed by atoms with Crippen molar-refractivity contribution < 1.29 is 9.32 Å². The van der Waals surface area contributed by atoms with Gasteiger partial charge in [-0.3, -0.25) is 4.79 Å². The van der Waals surface area contributed by atoms with Crippen LogP contribution in [0.15, 0.2) is 28.8 Å². The van der Waals surface area contributed by atoms with Crippen LogP contribution < -0.4 is 5.32 Å². The Morgan fingerprint density at radius 3 is 2.59 bits per heavy atom. The lowest BCUT2D eigenvalue weighted by Crippen LogP contribution is -2.17. The van der Waals surface area contributed by atoms with Gasteiger partial charge in [-0.15, -0.1) is 0 Å². The van der Waals surface area contributed by atoms with E-state index in [1.165, 1.54) is 0 Å². The van der Waals surface area contributed by atoms with Gasteiger partial charge in [-0.05, 0) is 12.1 Å². The summed E-state index contributed by atoms with van der Waals surface area (Å²) in [5.74, 6) is 1.04. The van der Waals surface area contributed by atoms with Gasteiger partial charge < -0.3 is 9.84 Å². The first-order valence-corrected chi connectivity index (χ1v) is 5.39. The molecule has 2 aromatic rings. The van der Waals surface area contributed by atoms with E-state index >= 15 is 0 Å². The van der Waals surface area contributed by atoms with E-state index in [-0.39, 0.29) is 5.91 Å². The number of aryl methyl sites for hydroxylation is 1. The van der Waals surface area contributed by atoms with Gasteiger partial charge in [0, 0.05) is 24.6 Å². The Labute approximate surface area is 98.8 Å². The van der Waals surface area contributed by atoms with Crippen molar-refractivity contribution in [3.8, 4) is 11.4 Å². The fourth-order valence-electron chi connectivity index (χ4n) is 1.43. The summed E-state index contributed by atoms with van der Waals surface area (Å²) in [5, 5.41) is 6.43. The number of benzene rings is 1. The lowest BCUT2D eigenvalue weighted by molar-refractivity contribution is 0.0963. The van der Waals surface area contributed by atoms with Gasteiger partial charge >= 0.3 is 0 Å². The minimum absolute atomic E-state index is 0.112. The molecule has 0 bridgehead atoms. The number of rotatable bonds is 3. The van der Waals surface area contributed by atoms with E-state index < -0.39 is 0 Å². The Hall–Kier alpha value is -2.17. The minimum Gasteiger partial charge on any atom is -0.355 e. The van der Waals surface area contributed by atoms with Crippen LogP contribution in [0.2, 0.25) is 0 Å². The van der Waals surface area contributed by atoms with Gasteiger partial charge in [0.2, 0.25) is 11.7 Å². The van der Waals surface area contributed by atoms with Crippen molar-refractivity contribution in [3.05, 3.63) is 35.7 Å². The quantitative estimate of drug-likeness (QED) is 0.872.